The molecule has 140 valence electrons. The normalized spacial score (nSPS) is 12.0. The molecule has 0 radical (unpaired) electrons. The molecule has 8 heteroatoms. The van der Waals surface area contributed by atoms with E-state index in [1.54, 1.807) is 10.7 Å². The van der Waals surface area contributed by atoms with Gasteiger partial charge in [-0.1, -0.05) is 35.5 Å². The zero-order valence-corrected chi connectivity index (χ0v) is 17.1. The van der Waals surface area contributed by atoms with Gasteiger partial charge in [-0.3, -0.25) is 4.79 Å². The molecule has 0 spiro atoms. The maximum absolute atomic E-state index is 12.6. The Morgan fingerprint density at radius 3 is 2.70 bits per heavy atom. The average Bonchev–Trinajstić information content (AvgIpc) is 3.09. The molecular formula is C19H20ClN5OS. The fourth-order valence-corrected chi connectivity index (χ4v) is 3.44. The van der Waals surface area contributed by atoms with Crippen molar-refractivity contribution in [1.29, 1.82) is 0 Å². The highest BCUT2D eigenvalue weighted by molar-refractivity contribution is 8.00. The van der Waals surface area contributed by atoms with E-state index in [1.807, 2.05) is 51.1 Å². The summed E-state index contributed by atoms with van der Waals surface area (Å²) in [5.41, 5.74) is 4.76. The molecule has 0 saturated heterocycles. The van der Waals surface area contributed by atoms with Crippen molar-refractivity contribution in [3.05, 3.63) is 58.1 Å². The van der Waals surface area contributed by atoms with Gasteiger partial charge in [0.2, 0.25) is 11.1 Å². The van der Waals surface area contributed by atoms with Gasteiger partial charge in [-0.05, 0) is 79.1 Å². The maximum Gasteiger partial charge on any atom is 0.237 e. The summed E-state index contributed by atoms with van der Waals surface area (Å²) in [7, 11) is 0. The lowest BCUT2D eigenvalue weighted by atomic mass is 10.1. The monoisotopic (exact) mass is 401 g/mol. The largest absolute Gasteiger partial charge is 0.325 e. The van der Waals surface area contributed by atoms with E-state index < -0.39 is 0 Å². The van der Waals surface area contributed by atoms with Crippen LogP contribution in [0.25, 0.3) is 5.69 Å². The fourth-order valence-electron chi connectivity index (χ4n) is 2.46. The van der Waals surface area contributed by atoms with Crippen LogP contribution < -0.4 is 5.32 Å². The Hall–Kier alpha value is -2.38. The summed E-state index contributed by atoms with van der Waals surface area (Å²) in [5, 5.41) is 15.6. The Balaban J connectivity index is 1.76. The number of halogens is 1. The number of anilines is 1. The van der Waals surface area contributed by atoms with Crippen LogP contribution in [0.15, 0.2) is 41.6 Å². The lowest BCUT2D eigenvalue weighted by Gasteiger charge is -2.14. The van der Waals surface area contributed by atoms with Crippen LogP contribution in [-0.2, 0) is 4.79 Å². The third-order valence-electron chi connectivity index (χ3n) is 4.35. The highest BCUT2D eigenvalue weighted by Crippen LogP contribution is 2.27. The highest BCUT2D eigenvalue weighted by Gasteiger charge is 2.20. The first kappa shape index (κ1) is 19.4. The molecule has 6 nitrogen and oxygen atoms in total. The number of rotatable bonds is 5. The van der Waals surface area contributed by atoms with Crippen LogP contribution in [0.2, 0.25) is 5.02 Å². The molecule has 1 N–H and O–H groups in total. The smallest absolute Gasteiger partial charge is 0.237 e. The second-order valence-electron chi connectivity index (χ2n) is 6.30. The third-order valence-corrected chi connectivity index (χ3v) is 5.80. The van der Waals surface area contributed by atoms with Crippen molar-refractivity contribution >= 4 is 35.0 Å². The predicted octanol–water partition coefficient (Wildman–Crippen LogP) is 4.36. The van der Waals surface area contributed by atoms with E-state index >= 15 is 0 Å². The molecule has 2 aromatic carbocycles. The van der Waals surface area contributed by atoms with Gasteiger partial charge >= 0.3 is 0 Å². The quantitative estimate of drug-likeness (QED) is 0.643. The van der Waals surface area contributed by atoms with Crippen LogP contribution in [0.3, 0.4) is 0 Å². The molecule has 0 aliphatic carbocycles. The van der Waals surface area contributed by atoms with Gasteiger partial charge in [0.25, 0.3) is 0 Å². The number of benzene rings is 2. The number of carbonyl (C=O) groups excluding carboxylic acids is 1. The molecule has 0 saturated carbocycles. The number of thioether (sulfide) groups is 1. The molecule has 0 bridgehead atoms. The van der Waals surface area contributed by atoms with E-state index in [0.29, 0.717) is 15.9 Å². The SMILES string of the molecule is Cc1ccc(-n2nnnc2SC(C)C(=O)Nc2cccc(Cl)c2C)cc1C. The summed E-state index contributed by atoms with van der Waals surface area (Å²) >= 11 is 7.42. The summed E-state index contributed by atoms with van der Waals surface area (Å²) in [4.78, 5) is 12.6. The van der Waals surface area contributed by atoms with Gasteiger partial charge in [0.1, 0.15) is 0 Å². The van der Waals surface area contributed by atoms with Gasteiger partial charge in [0.05, 0.1) is 10.9 Å². The van der Waals surface area contributed by atoms with Gasteiger partial charge in [-0.2, -0.15) is 4.68 Å². The summed E-state index contributed by atoms with van der Waals surface area (Å²) in [6.45, 7) is 7.79. The molecule has 1 atom stereocenters. The summed E-state index contributed by atoms with van der Waals surface area (Å²) in [6, 6.07) is 11.4. The number of aryl methyl sites for hydroxylation is 2. The molecule has 0 fully saturated rings. The zero-order chi connectivity index (χ0) is 19.6. The molecule has 0 aliphatic rings. The Morgan fingerprint density at radius 2 is 1.96 bits per heavy atom. The first-order valence-electron chi connectivity index (χ1n) is 8.45. The number of aromatic nitrogens is 4. The highest BCUT2D eigenvalue weighted by atomic mass is 35.5. The lowest BCUT2D eigenvalue weighted by Crippen LogP contribution is -2.23. The van der Waals surface area contributed by atoms with Gasteiger partial charge in [0.15, 0.2) is 0 Å². The molecule has 0 aliphatic heterocycles. The molecule has 3 rings (SSSR count). The Labute approximate surface area is 167 Å². The van der Waals surface area contributed by atoms with E-state index in [2.05, 4.69) is 27.8 Å². The van der Waals surface area contributed by atoms with Crippen LogP contribution in [0.5, 0.6) is 0 Å². The molecule has 1 heterocycles. The summed E-state index contributed by atoms with van der Waals surface area (Å²) in [5.74, 6) is -0.139. The van der Waals surface area contributed by atoms with Crippen molar-refractivity contribution in [2.24, 2.45) is 0 Å². The minimum atomic E-state index is -0.389. The number of hydrogen-bond acceptors (Lipinski definition) is 5. The van der Waals surface area contributed by atoms with Crippen LogP contribution in [0.1, 0.15) is 23.6 Å². The van der Waals surface area contributed by atoms with Crippen LogP contribution in [-0.4, -0.2) is 31.4 Å². The van der Waals surface area contributed by atoms with Crippen molar-refractivity contribution in [1.82, 2.24) is 20.2 Å². The van der Waals surface area contributed by atoms with E-state index in [-0.39, 0.29) is 11.2 Å². The molecule has 27 heavy (non-hydrogen) atoms. The predicted molar refractivity (Wildman–Crippen MR) is 109 cm³/mol. The van der Waals surface area contributed by atoms with E-state index in [0.717, 1.165) is 16.8 Å². The number of amides is 1. The second kappa shape index (κ2) is 8.10. The minimum Gasteiger partial charge on any atom is -0.325 e. The fraction of sp³-hybridized carbons (Fsp3) is 0.263. The molecule has 3 aromatic rings. The average molecular weight is 402 g/mol. The topological polar surface area (TPSA) is 72.7 Å². The number of hydrogen-bond donors (Lipinski definition) is 1. The Kier molecular flexibility index (Phi) is 5.82. The van der Waals surface area contributed by atoms with Crippen LogP contribution in [0.4, 0.5) is 5.69 Å². The first-order chi connectivity index (χ1) is 12.9. The number of carbonyl (C=O) groups is 1. The van der Waals surface area contributed by atoms with Gasteiger partial charge in [-0.15, -0.1) is 5.10 Å². The Bertz CT molecular complexity index is 988. The van der Waals surface area contributed by atoms with Gasteiger partial charge in [-0.25, -0.2) is 0 Å². The first-order valence-corrected chi connectivity index (χ1v) is 9.71. The lowest BCUT2D eigenvalue weighted by molar-refractivity contribution is -0.115. The maximum atomic E-state index is 12.6. The Morgan fingerprint density at radius 1 is 1.19 bits per heavy atom. The summed E-state index contributed by atoms with van der Waals surface area (Å²) < 4.78 is 1.64. The van der Waals surface area contributed by atoms with Crippen LogP contribution in [0, 0.1) is 20.8 Å². The number of nitrogens with one attached hydrogen (secondary N) is 1. The second-order valence-corrected chi connectivity index (χ2v) is 8.02. The van der Waals surface area contributed by atoms with Crippen molar-refractivity contribution in [3.8, 4) is 5.69 Å². The van der Waals surface area contributed by atoms with Crippen molar-refractivity contribution in [3.63, 3.8) is 0 Å². The van der Waals surface area contributed by atoms with Crippen LogP contribution >= 0.6 is 23.4 Å². The van der Waals surface area contributed by atoms with Crippen molar-refractivity contribution < 1.29 is 4.79 Å². The molecule has 1 amide bonds. The van der Waals surface area contributed by atoms with Crippen molar-refractivity contribution in [2.45, 2.75) is 38.1 Å². The molecular weight excluding hydrogens is 382 g/mol. The molecule has 1 aromatic heterocycles. The third kappa shape index (κ3) is 4.31. The zero-order valence-electron chi connectivity index (χ0n) is 15.5. The van der Waals surface area contributed by atoms with E-state index in [4.69, 9.17) is 11.6 Å². The molecule has 1 unspecified atom stereocenters. The summed E-state index contributed by atoms with van der Waals surface area (Å²) in [6.07, 6.45) is 0. The standard InChI is InChI=1S/C19H20ClN5OS/c1-11-8-9-15(10-12(11)2)25-19(22-23-24-25)27-14(4)18(26)21-17-7-5-6-16(20)13(17)3/h5-10,14H,1-4H3,(H,21,26). The van der Waals surface area contributed by atoms with Gasteiger partial charge in [0, 0.05) is 10.7 Å². The van der Waals surface area contributed by atoms with Crippen molar-refractivity contribution in [2.75, 3.05) is 5.32 Å². The van der Waals surface area contributed by atoms with E-state index in [9.17, 15) is 4.79 Å². The minimum absolute atomic E-state index is 0.139. The van der Waals surface area contributed by atoms with E-state index in [1.165, 1.54) is 17.3 Å². The van der Waals surface area contributed by atoms with Gasteiger partial charge < -0.3 is 5.32 Å². The number of tetrazole rings is 1. The number of nitrogens with zero attached hydrogens (tertiary/aromatic N) is 4.